The normalized spacial score (nSPS) is 28.3. The summed E-state index contributed by atoms with van der Waals surface area (Å²) in [5.41, 5.74) is 2.05. The van der Waals surface area contributed by atoms with E-state index in [4.69, 9.17) is 16.3 Å². The van der Waals surface area contributed by atoms with E-state index in [0.29, 0.717) is 24.2 Å². The molecule has 0 radical (unpaired) electrons. The molecule has 1 aliphatic carbocycles. The second-order valence-electron chi connectivity index (χ2n) is 8.05. The second kappa shape index (κ2) is 7.50. The third kappa shape index (κ3) is 3.17. The minimum Gasteiger partial charge on any atom is -0.483 e. The van der Waals surface area contributed by atoms with Gasteiger partial charge in [-0.05, 0) is 56.0 Å². The van der Waals surface area contributed by atoms with Gasteiger partial charge < -0.3 is 4.74 Å². The Balaban J connectivity index is 1.66. The lowest BCUT2D eigenvalue weighted by Crippen LogP contribution is -2.41. The SMILES string of the molecule is Cc1cccc(N2C(=O)C3=C(C(=O)C4CC(Cl)CCC4O3)C2c2cccc(Br)c2)n1. The maximum atomic E-state index is 13.6. The molecule has 4 atom stereocenters. The van der Waals surface area contributed by atoms with Gasteiger partial charge in [0.15, 0.2) is 11.5 Å². The average molecular weight is 488 g/mol. The Labute approximate surface area is 188 Å². The largest absolute Gasteiger partial charge is 0.483 e. The number of hydrogen-bond donors (Lipinski definition) is 0. The Morgan fingerprint density at radius 2 is 1.97 bits per heavy atom. The lowest BCUT2D eigenvalue weighted by atomic mass is 9.77. The van der Waals surface area contributed by atoms with Gasteiger partial charge in [0.05, 0.1) is 17.5 Å². The minimum atomic E-state index is -0.580. The van der Waals surface area contributed by atoms with Crippen LogP contribution in [0.1, 0.15) is 36.6 Å². The average Bonchev–Trinajstić information content (AvgIpc) is 3.01. The van der Waals surface area contributed by atoms with Crippen molar-refractivity contribution in [1.82, 2.24) is 4.98 Å². The van der Waals surface area contributed by atoms with Crippen molar-refractivity contribution in [3.63, 3.8) is 0 Å². The number of pyridine rings is 1. The minimum absolute atomic E-state index is 0.0277. The van der Waals surface area contributed by atoms with Crippen LogP contribution in [-0.4, -0.2) is 28.2 Å². The highest BCUT2D eigenvalue weighted by Gasteiger charge is 2.53. The van der Waals surface area contributed by atoms with E-state index in [1.165, 1.54) is 0 Å². The van der Waals surface area contributed by atoms with Crippen molar-refractivity contribution in [3.05, 3.63) is 69.5 Å². The predicted molar refractivity (Wildman–Crippen MR) is 117 cm³/mol. The van der Waals surface area contributed by atoms with Crippen LogP contribution in [-0.2, 0) is 14.3 Å². The van der Waals surface area contributed by atoms with Gasteiger partial charge >= 0.3 is 0 Å². The fraction of sp³-hybridized carbons (Fsp3) is 0.348. The summed E-state index contributed by atoms with van der Waals surface area (Å²) in [6, 6.07) is 12.6. The molecule has 0 N–H and O–H groups in total. The Morgan fingerprint density at radius 3 is 2.73 bits per heavy atom. The van der Waals surface area contributed by atoms with Crippen LogP contribution in [0.15, 0.2) is 58.3 Å². The van der Waals surface area contributed by atoms with E-state index in [-0.39, 0.29) is 34.8 Å². The number of halogens is 2. The number of nitrogens with zero attached hydrogens (tertiary/aromatic N) is 2. The molecule has 0 bridgehead atoms. The van der Waals surface area contributed by atoms with Crippen molar-refractivity contribution in [2.24, 2.45) is 5.92 Å². The van der Waals surface area contributed by atoms with Crippen LogP contribution >= 0.6 is 27.5 Å². The number of carbonyl (C=O) groups is 2. The highest BCUT2D eigenvalue weighted by Crippen LogP contribution is 2.48. The number of ketones is 1. The van der Waals surface area contributed by atoms with E-state index < -0.39 is 6.04 Å². The first-order valence-corrected chi connectivity index (χ1v) is 11.3. The van der Waals surface area contributed by atoms with Gasteiger partial charge in [0.1, 0.15) is 11.9 Å². The van der Waals surface area contributed by atoms with Crippen LogP contribution in [0.2, 0.25) is 0 Å². The molecule has 0 spiro atoms. The Morgan fingerprint density at radius 1 is 1.17 bits per heavy atom. The van der Waals surface area contributed by atoms with E-state index in [1.54, 1.807) is 11.0 Å². The van der Waals surface area contributed by atoms with Crippen LogP contribution in [0.4, 0.5) is 5.82 Å². The Bertz CT molecular complexity index is 1090. The number of rotatable bonds is 2. The van der Waals surface area contributed by atoms with Crippen LogP contribution in [0, 0.1) is 12.8 Å². The van der Waals surface area contributed by atoms with Crippen LogP contribution in [0.3, 0.4) is 0 Å². The van der Waals surface area contributed by atoms with Crippen molar-refractivity contribution >= 4 is 45.0 Å². The lowest BCUT2D eigenvalue weighted by Gasteiger charge is -2.37. The van der Waals surface area contributed by atoms with Gasteiger partial charge in [0, 0.05) is 15.5 Å². The summed E-state index contributed by atoms with van der Waals surface area (Å²) in [5, 5.41) is -0.0445. The molecule has 1 fully saturated rings. The summed E-state index contributed by atoms with van der Waals surface area (Å²) in [5.74, 6) is 0.0253. The zero-order chi connectivity index (χ0) is 21.0. The van der Waals surface area contributed by atoms with Crippen molar-refractivity contribution in [1.29, 1.82) is 0 Å². The maximum absolute atomic E-state index is 13.6. The molecule has 1 aromatic heterocycles. The number of Topliss-reactive ketones (excluding diaryl/α,β-unsaturated/α-hetero) is 1. The smallest absolute Gasteiger partial charge is 0.295 e. The number of aromatic nitrogens is 1. The molecule has 1 amide bonds. The van der Waals surface area contributed by atoms with Crippen molar-refractivity contribution in [2.75, 3.05) is 4.90 Å². The molecule has 5 nitrogen and oxygen atoms in total. The molecule has 0 saturated heterocycles. The molecule has 30 heavy (non-hydrogen) atoms. The van der Waals surface area contributed by atoms with Gasteiger partial charge in [0.25, 0.3) is 5.91 Å². The van der Waals surface area contributed by atoms with Gasteiger partial charge in [-0.25, -0.2) is 4.98 Å². The van der Waals surface area contributed by atoms with E-state index in [0.717, 1.165) is 22.2 Å². The van der Waals surface area contributed by atoms with Crippen molar-refractivity contribution in [2.45, 2.75) is 43.7 Å². The number of anilines is 1. The number of ether oxygens (including phenoxy) is 1. The number of fused-ring (bicyclic) bond motifs is 1. The van der Waals surface area contributed by atoms with Gasteiger partial charge in [-0.15, -0.1) is 11.6 Å². The molecular formula is C23H20BrClN2O3. The molecule has 1 saturated carbocycles. The first-order valence-electron chi connectivity index (χ1n) is 10.1. The molecule has 7 heteroatoms. The Kier molecular flexibility index (Phi) is 4.94. The number of alkyl halides is 1. The van der Waals surface area contributed by atoms with Crippen molar-refractivity contribution < 1.29 is 14.3 Å². The maximum Gasteiger partial charge on any atom is 0.295 e. The van der Waals surface area contributed by atoms with Gasteiger partial charge in [-0.1, -0.05) is 34.1 Å². The van der Waals surface area contributed by atoms with E-state index in [9.17, 15) is 9.59 Å². The molecule has 1 aromatic carbocycles. The molecule has 3 aliphatic rings. The molecule has 2 aromatic rings. The number of benzene rings is 1. The summed E-state index contributed by atoms with van der Waals surface area (Å²) in [6.07, 6.45) is 1.75. The molecule has 2 aliphatic heterocycles. The lowest BCUT2D eigenvalue weighted by molar-refractivity contribution is -0.131. The Hall–Kier alpha value is -2.18. The van der Waals surface area contributed by atoms with Gasteiger partial charge in [0.2, 0.25) is 0 Å². The fourth-order valence-electron chi connectivity index (χ4n) is 4.71. The van der Waals surface area contributed by atoms with E-state index >= 15 is 0 Å². The fourth-order valence-corrected chi connectivity index (χ4v) is 5.44. The van der Waals surface area contributed by atoms with Gasteiger partial charge in [-0.2, -0.15) is 0 Å². The molecule has 154 valence electrons. The molecule has 5 rings (SSSR count). The zero-order valence-electron chi connectivity index (χ0n) is 16.3. The molecular weight excluding hydrogens is 468 g/mol. The topological polar surface area (TPSA) is 59.5 Å². The highest BCUT2D eigenvalue weighted by molar-refractivity contribution is 9.10. The van der Waals surface area contributed by atoms with Crippen LogP contribution < -0.4 is 4.90 Å². The summed E-state index contributed by atoms with van der Waals surface area (Å²) in [6.45, 7) is 1.88. The number of amides is 1. The van der Waals surface area contributed by atoms with Crippen LogP contribution in [0.5, 0.6) is 0 Å². The standard InChI is InChI=1S/C23H20BrClN2O3/c1-12-4-2-7-18(26-12)27-20(13-5-3-6-14(24)10-13)19-21(28)16-11-15(25)8-9-17(16)30-22(19)23(27)29/h2-7,10,15-17,20H,8-9,11H2,1H3. The highest BCUT2D eigenvalue weighted by atomic mass is 79.9. The summed E-state index contributed by atoms with van der Waals surface area (Å²) >= 11 is 9.88. The summed E-state index contributed by atoms with van der Waals surface area (Å²) < 4.78 is 7.05. The predicted octanol–water partition coefficient (Wildman–Crippen LogP) is 4.87. The monoisotopic (exact) mass is 486 g/mol. The van der Waals surface area contributed by atoms with E-state index in [2.05, 4.69) is 20.9 Å². The first kappa shape index (κ1) is 19.8. The third-order valence-electron chi connectivity index (χ3n) is 6.07. The number of aryl methyl sites for hydroxylation is 1. The van der Waals surface area contributed by atoms with Crippen molar-refractivity contribution in [3.8, 4) is 0 Å². The number of hydrogen-bond acceptors (Lipinski definition) is 4. The van der Waals surface area contributed by atoms with Crippen LogP contribution in [0.25, 0.3) is 0 Å². The first-order chi connectivity index (χ1) is 14.4. The quantitative estimate of drug-likeness (QED) is 0.567. The summed E-state index contributed by atoms with van der Waals surface area (Å²) in [4.78, 5) is 33.3. The van der Waals surface area contributed by atoms with E-state index in [1.807, 2.05) is 43.3 Å². The zero-order valence-corrected chi connectivity index (χ0v) is 18.7. The number of carbonyl (C=O) groups excluding carboxylic acids is 2. The molecule has 3 heterocycles. The molecule has 4 unspecified atom stereocenters. The van der Waals surface area contributed by atoms with Gasteiger partial charge in [-0.3, -0.25) is 14.5 Å². The third-order valence-corrected chi connectivity index (χ3v) is 6.96. The summed E-state index contributed by atoms with van der Waals surface area (Å²) in [7, 11) is 0. The second-order valence-corrected chi connectivity index (χ2v) is 9.58.